The molecule has 9 nitrogen and oxygen atoms in total. The van der Waals surface area contributed by atoms with Gasteiger partial charge in [-0.25, -0.2) is 4.98 Å². The number of hydrogen-bond acceptors (Lipinski definition) is 7. The largest absolute Gasteiger partial charge is 0.497 e. The first-order valence-corrected chi connectivity index (χ1v) is 10.0. The van der Waals surface area contributed by atoms with Gasteiger partial charge in [0.2, 0.25) is 0 Å². The summed E-state index contributed by atoms with van der Waals surface area (Å²) in [5, 5.41) is 13.2. The maximum absolute atomic E-state index is 13.1. The molecule has 0 bridgehead atoms. The molecule has 5 aromatic rings. The Bertz CT molecular complexity index is 1460. The summed E-state index contributed by atoms with van der Waals surface area (Å²) in [5.74, 6) is 0.755. The van der Waals surface area contributed by atoms with E-state index in [2.05, 4.69) is 20.3 Å². The number of hydrogen-bond donors (Lipinski definition) is 0. The maximum Gasteiger partial charge on any atom is 0.283 e. The minimum atomic E-state index is -0.287. The molecule has 9 heteroatoms. The van der Waals surface area contributed by atoms with E-state index in [9.17, 15) is 4.79 Å². The standard InChI is InChI=1S/C23H20N6O3/c1-31-13-18-19(16-6-4-3-5-7-16)21-26-25-20-22(29(21)27-18)24-14-28(23(20)30)12-15-8-10-17(32-2)11-9-15/h3-11,14H,12-13H2,1-2H3. The molecule has 0 amide bonds. The van der Waals surface area contributed by atoms with E-state index in [0.717, 1.165) is 22.4 Å². The average Bonchev–Trinajstić information content (AvgIpc) is 3.20. The molecule has 0 saturated carbocycles. The molecule has 0 saturated heterocycles. The van der Waals surface area contributed by atoms with E-state index < -0.39 is 0 Å². The Hall–Kier alpha value is -4.11. The fourth-order valence-electron chi connectivity index (χ4n) is 3.68. The lowest BCUT2D eigenvalue weighted by molar-refractivity contribution is 0.181. The summed E-state index contributed by atoms with van der Waals surface area (Å²) < 4.78 is 13.6. The fraction of sp³-hybridized carbons (Fsp3) is 0.174. The SMILES string of the molecule is COCc1nn2c(nnc3c(=O)n(Cc4ccc(OC)cc4)cnc32)c1-c1ccccc1. The molecule has 5 rings (SSSR count). The van der Waals surface area contributed by atoms with Crippen LogP contribution in [0.1, 0.15) is 11.3 Å². The molecule has 0 aliphatic rings. The van der Waals surface area contributed by atoms with Crippen LogP contribution in [0.2, 0.25) is 0 Å². The molecule has 0 aliphatic heterocycles. The normalized spacial score (nSPS) is 11.3. The topological polar surface area (TPSA) is 96.4 Å². The number of benzene rings is 2. The summed E-state index contributed by atoms with van der Waals surface area (Å²) in [6, 6.07) is 17.3. The zero-order valence-corrected chi connectivity index (χ0v) is 17.6. The zero-order valence-electron chi connectivity index (χ0n) is 17.6. The highest BCUT2D eigenvalue weighted by molar-refractivity contribution is 5.83. The third kappa shape index (κ3) is 3.38. The van der Waals surface area contributed by atoms with Crippen LogP contribution in [0.15, 0.2) is 65.7 Å². The van der Waals surface area contributed by atoms with Crippen LogP contribution >= 0.6 is 0 Å². The smallest absolute Gasteiger partial charge is 0.283 e. The summed E-state index contributed by atoms with van der Waals surface area (Å²) in [4.78, 5) is 17.6. The third-order valence-corrected chi connectivity index (χ3v) is 5.23. The molecule has 3 heterocycles. The van der Waals surface area contributed by atoms with Gasteiger partial charge in [0, 0.05) is 7.11 Å². The molecule has 3 aromatic heterocycles. The summed E-state index contributed by atoms with van der Waals surface area (Å²) >= 11 is 0. The molecule has 2 aromatic carbocycles. The Morgan fingerprint density at radius 3 is 2.44 bits per heavy atom. The van der Waals surface area contributed by atoms with E-state index in [0.29, 0.717) is 30.1 Å². The van der Waals surface area contributed by atoms with Crippen LogP contribution in [0, 0.1) is 0 Å². The van der Waals surface area contributed by atoms with Crippen LogP contribution < -0.4 is 10.3 Å². The highest BCUT2D eigenvalue weighted by Gasteiger charge is 2.20. The quantitative estimate of drug-likeness (QED) is 0.410. The van der Waals surface area contributed by atoms with E-state index in [1.165, 1.54) is 10.9 Å². The van der Waals surface area contributed by atoms with Crippen molar-refractivity contribution in [2.75, 3.05) is 14.2 Å². The Kier molecular flexibility index (Phi) is 5.08. The van der Waals surface area contributed by atoms with Gasteiger partial charge in [-0.15, -0.1) is 10.2 Å². The number of nitrogens with zero attached hydrogens (tertiary/aromatic N) is 6. The second-order valence-electron chi connectivity index (χ2n) is 7.25. The van der Waals surface area contributed by atoms with Crippen molar-refractivity contribution in [3.63, 3.8) is 0 Å². The predicted octanol–water partition coefficient (Wildman–Crippen LogP) is 2.70. The molecular weight excluding hydrogens is 408 g/mol. The molecule has 160 valence electrons. The molecule has 0 fully saturated rings. The van der Waals surface area contributed by atoms with Crippen molar-refractivity contribution in [3.05, 3.63) is 82.5 Å². The Morgan fingerprint density at radius 1 is 0.938 bits per heavy atom. The van der Waals surface area contributed by atoms with Crippen molar-refractivity contribution in [1.82, 2.24) is 29.4 Å². The van der Waals surface area contributed by atoms with Crippen molar-refractivity contribution in [3.8, 4) is 16.9 Å². The lowest BCUT2D eigenvalue weighted by atomic mass is 10.1. The molecule has 0 spiro atoms. The minimum absolute atomic E-state index is 0.152. The zero-order chi connectivity index (χ0) is 22.1. The summed E-state index contributed by atoms with van der Waals surface area (Å²) in [5.41, 5.74) is 4.13. The highest BCUT2D eigenvalue weighted by atomic mass is 16.5. The van der Waals surface area contributed by atoms with Crippen molar-refractivity contribution in [1.29, 1.82) is 0 Å². The third-order valence-electron chi connectivity index (χ3n) is 5.23. The molecule has 0 radical (unpaired) electrons. The fourth-order valence-corrected chi connectivity index (χ4v) is 3.68. The van der Waals surface area contributed by atoms with Crippen molar-refractivity contribution in [2.45, 2.75) is 13.2 Å². The number of aromatic nitrogens is 6. The van der Waals surface area contributed by atoms with Crippen LogP contribution in [0.4, 0.5) is 0 Å². The second kappa shape index (κ2) is 8.20. The van der Waals surface area contributed by atoms with Crippen LogP contribution in [0.5, 0.6) is 5.75 Å². The van der Waals surface area contributed by atoms with Gasteiger partial charge in [-0.3, -0.25) is 9.36 Å². The molecular formula is C23H20N6O3. The molecule has 32 heavy (non-hydrogen) atoms. The van der Waals surface area contributed by atoms with Gasteiger partial charge in [0.15, 0.2) is 16.8 Å². The Morgan fingerprint density at radius 2 is 1.72 bits per heavy atom. The van der Waals surface area contributed by atoms with Crippen LogP contribution in [0.25, 0.3) is 27.9 Å². The lowest BCUT2D eigenvalue weighted by Crippen LogP contribution is -2.23. The number of fused-ring (bicyclic) bond motifs is 3. The van der Waals surface area contributed by atoms with Gasteiger partial charge in [0.25, 0.3) is 5.56 Å². The van der Waals surface area contributed by atoms with E-state index in [1.807, 2.05) is 54.6 Å². The van der Waals surface area contributed by atoms with Gasteiger partial charge in [0.1, 0.15) is 12.1 Å². The summed E-state index contributed by atoms with van der Waals surface area (Å²) in [6.07, 6.45) is 1.51. The van der Waals surface area contributed by atoms with Gasteiger partial charge in [-0.1, -0.05) is 42.5 Å². The van der Waals surface area contributed by atoms with E-state index in [-0.39, 0.29) is 11.1 Å². The first kappa shape index (κ1) is 19.8. The minimum Gasteiger partial charge on any atom is -0.497 e. The molecule has 0 atom stereocenters. The first-order chi connectivity index (χ1) is 15.7. The van der Waals surface area contributed by atoms with Crippen LogP contribution in [-0.4, -0.2) is 43.6 Å². The maximum atomic E-state index is 13.1. The van der Waals surface area contributed by atoms with E-state index in [4.69, 9.17) is 9.47 Å². The number of rotatable bonds is 6. The van der Waals surface area contributed by atoms with Crippen LogP contribution in [0.3, 0.4) is 0 Å². The molecule has 0 unspecified atom stereocenters. The average molecular weight is 428 g/mol. The summed E-state index contributed by atoms with van der Waals surface area (Å²) in [7, 11) is 3.22. The van der Waals surface area contributed by atoms with Gasteiger partial charge in [-0.05, 0) is 23.3 Å². The van der Waals surface area contributed by atoms with E-state index >= 15 is 0 Å². The molecule has 0 N–H and O–H groups in total. The molecule has 0 aliphatic carbocycles. The van der Waals surface area contributed by atoms with Gasteiger partial charge in [-0.2, -0.15) is 9.61 Å². The van der Waals surface area contributed by atoms with Gasteiger partial charge in [0.05, 0.1) is 31.5 Å². The van der Waals surface area contributed by atoms with E-state index in [1.54, 1.807) is 18.7 Å². The Balaban J connectivity index is 1.64. The number of ether oxygens (including phenoxy) is 2. The summed E-state index contributed by atoms with van der Waals surface area (Å²) in [6.45, 7) is 0.651. The number of methoxy groups -OCH3 is 2. The lowest BCUT2D eigenvalue weighted by Gasteiger charge is -2.07. The van der Waals surface area contributed by atoms with Crippen LogP contribution in [-0.2, 0) is 17.9 Å². The van der Waals surface area contributed by atoms with Crippen molar-refractivity contribution in [2.24, 2.45) is 0 Å². The first-order valence-electron chi connectivity index (χ1n) is 10.0. The van der Waals surface area contributed by atoms with Gasteiger partial charge < -0.3 is 9.47 Å². The highest BCUT2D eigenvalue weighted by Crippen LogP contribution is 2.28. The predicted molar refractivity (Wildman–Crippen MR) is 119 cm³/mol. The monoisotopic (exact) mass is 428 g/mol. The van der Waals surface area contributed by atoms with Gasteiger partial charge >= 0.3 is 0 Å². The Labute approximate surface area is 182 Å². The van der Waals surface area contributed by atoms with Crippen molar-refractivity contribution >= 4 is 16.8 Å². The van der Waals surface area contributed by atoms with Crippen molar-refractivity contribution < 1.29 is 9.47 Å². The second-order valence-corrected chi connectivity index (χ2v) is 7.25.